The highest BCUT2D eigenvalue weighted by atomic mass is 16.5. The molecule has 92 valence electrons. The van der Waals surface area contributed by atoms with Crippen molar-refractivity contribution in [1.82, 2.24) is 4.90 Å². The first-order valence-electron chi connectivity index (χ1n) is 6.12. The van der Waals surface area contributed by atoms with E-state index in [1.807, 2.05) is 13.0 Å². The van der Waals surface area contributed by atoms with Crippen molar-refractivity contribution in [3.05, 3.63) is 12.2 Å². The van der Waals surface area contributed by atoms with E-state index in [4.69, 9.17) is 4.74 Å². The second-order valence-electron chi connectivity index (χ2n) is 4.57. The minimum absolute atomic E-state index is 0.171. The van der Waals surface area contributed by atoms with Crippen LogP contribution in [0.1, 0.15) is 26.7 Å². The number of allylic oxidation sites excluding steroid dienone is 1. The van der Waals surface area contributed by atoms with E-state index in [0.29, 0.717) is 6.10 Å². The average Bonchev–Trinajstić information content (AvgIpc) is 2.21. The van der Waals surface area contributed by atoms with Crippen molar-refractivity contribution in [1.29, 1.82) is 0 Å². The number of likely N-dealkylation sites (tertiary alicyclic amines) is 1. The Hall–Kier alpha value is -0.670. The molecule has 1 aliphatic rings. The van der Waals surface area contributed by atoms with E-state index in [2.05, 4.69) is 11.8 Å². The van der Waals surface area contributed by atoms with Gasteiger partial charge in [-0.2, -0.15) is 0 Å². The van der Waals surface area contributed by atoms with Crippen molar-refractivity contribution in [3.8, 4) is 0 Å². The molecule has 0 amide bonds. The first kappa shape index (κ1) is 13.4. The summed E-state index contributed by atoms with van der Waals surface area (Å²) in [4.78, 5) is 13.9. The van der Waals surface area contributed by atoms with Gasteiger partial charge in [-0.3, -0.25) is 9.69 Å². The molecular weight excluding hydrogens is 202 g/mol. The van der Waals surface area contributed by atoms with Gasteiger partial charge in [0.1, 0.15) is 0 Å². The van der Waals surface area contributed by atoms with Crippen molar-refractivity contribution in [3.63, 3.8) is 0 Å². The third kappa shape index (κ3) is 4.06. The molecule has 1 rings (SSSR count). The maximum atomic E-state index is 11.6. The maximum absolute atomic E-state index is 11.6. The van der Waals surface area contributed by atoms with Crippen molar-refractivity contribution in [2.24, 2.45) is 5.92 Å². The molecule has 1 unspecified atom stereocenters. The summed E-state index contributed by atoms with van der Waals surface area (Å²) < 4.78 is 5.18. The summed E-state index contributed by atoms with van der Waals surface area (Å²) in [5.74, 6) is 0.426. The zero-order valence-electron chi connectivity index (χ0n) is 10.6. The molecule has 0 aromatic heterocycles. The Bertz CT molecular complexity index is 244. The summed E-state index contributed by atoms with van der Waals surface area (Å²) in [6.45, 7) is 6.95. The molecule has 1 saturated heterocycles. The number of ketones is 1. The lowest BCUT2D eigenvalue weighted by Gasteiger charge is -2.37. The molecule has 0 spiro atoms. The van der Waals surface area contributed by atoms with Gasteiger partial charge >= 0.3 is 0 Å². The monoisotopic (exact) mass is 225 g/mol. The number of hydrogen-bond acceptors (Lipinski definition) is 3. The van der Waals surface area contributed by atoms with E-state index in [0.717, 1.165) is 32.5 Å². The number of nitrogens with zero attached hydrogens (tertiary/aromatic N) is 1. The topological polar surface area (TPSA) is 29.5 Å². The highest BCUT2D eigenvalue weighted by molar-refractivity contribution is 5.91. The minimum atomic E-state index is 0.171. The number of hydrogen-bond donors (Lipinski definition) is 0. The number of ether oxygens (including phenoxy) is 1. The smallest absolute Gasteiger partial charge is 0.158 e. The fourth-order valence-electron chi connectivity index (χ4n) is 1.88. The Labute approximate surface area is 98.5 Å². The Morgan fingerprint density at radius 1 is 1.56 bits per heavy atom. The number of carbonyl (C=O) groups excluding carboxylic acids is 1. The van der Waals surface area contributed by atoms with Crippen LogP contribution in [0.4, 0.5) is 0 Å². The van der Waals surface area contributed by atoms with Crippen molar-refractivity contribution in [2.45, 2.75) is 32.8 Å². The molecule has 0 saturated carbocycles. The molecule has 0 radical (unpaired) electrons. The van der Waals surface area contributed by atoms with Crippen LogP contribution in [-0.2, 0) is 9.53 Å². The molecule has 3 nitrogen and oxygen atoms in total. The van der Waals surface area contributed by atoms with Crippen LogP contribution in [0.15, 0.2) is 12.2 Å². The third-order valence-electron chi connectivity index (χ3n) is 3.11. The summed E-state index contributed by atoms with van der Waals surface area (Å²) >= 11 is 0. The zero-order chi connectivity index (χ0) is 12.0. The lowest BCUT2D eigenvalue weighted by molar-refractivity contribution is -0.117. The van der Waals surface area contributed by atoms with Crippen molar-refractivity contribution in [2.75, 3.05) is 26.7 Å². The van der Waals surface area contributed by atoms with E-state index in [9.17, 15) is 4.79 Å². The molecule has 1 fully saturated rings. The molecular formula is C13H23NO2. The fourth-order valence-corrected chi connectivity index (χ4v) is 1.88. The van der Waals surface area contributed by atoms with E-state index in [1.54, 1.807) is 13.2 Å². The Morgan fingerprint density at radius 2 is 2.25 bits per heavy atom. The second kappa shape index (κ2) is 6.81. The van der Waals surface area contributed by atoms with Gasteiger partial charge in [0.25, 0.3) is 0 Å². The van der Waals surface area contributed by atoms with Crippen molar-refractivity contribution >= 4 is 5.78 Å². The van der Waals surface area contributed by atoms with Crippen LogP contribution in [0, 0.1) is 5.92 Å². The van der Waals surface area contributed by atoms with Gasteiger partial charge in [-0.05, 0) is 12.5 Å². The van der Waals surface area contributed by atoms with Gasteiger partial charge in [0.05, 0.1) is 6.10 Å². The highest BCUT2D eigenvalue weighted by Gasteiger charge is 2.24. The van der Waals surface area contributed by atoms with Crippen LogP contribution in [0.25, 0.3) is 0 Å². The fraction of sp³-hybridized carbons (Fsp3) is 0.769. The molecule has 0 aliphatic carbocycles. The molecule has 3 heteroatoms. The van der Waals surface area contributed by atoms with E-state index >= 15 is 0 Å². The zero-order valence-corrected chi connectivity index (χ0v) is 10.6. The standard InChI is InChI=1S/C13H23NO2/c1-4-6-11(2)13(15)7-5-8-14-9-12(10-14)16-3/h5,7,11-12H,4,6,8-10H2,1-3H3/b7-5+. The Morgan fingerprint density at radius 3 is 2.81 bits per heavy atom. The number of methoxy groups -OCH3 is 1. The lowest BCUT2D eigenvalue weighted by atomic mass is 10.0. The predicted molar refractivity (Wildman–Crippen MR) is 65.5 cm³/mol. The number of carbonyl (C=O) groups is 1. The molecule has 0 bridgehead atoms. The number of rotatable bonds is 7. The molecule has 1 aliphatic heterocycles. The van der Waals surface area contributed by atoms with Gasteiger partial charge in [0.15, 0.2) is 5.78 Å². The largest absolute Gasteiger partial charge is 0.379 e. The van der Waals surface area contributed by atoms with Crippen LogP contribution in [0.5, 0.6) is 0 Å². The molecule has 0 aromatic carbocycles. The SMILES string of the molecule is CCCC(C)C(=O)/C=C/CN1CC(OC)C1. The summed E-state index contributed by atoms with van der Waals surface area (Å²) in [5.41, 5.74) is 0. The van der Waals surface area contributed by atoms with Crippen molar-refractivity contribution < 1.29 is 9.53 Å². The average molecular weight is 225 g/mol. The first-order valence-corrected chi connectivity index (χ1v) is 6.12. The van der Waals surface area contributed by atoms with Crippen LogP contribution in [-0.4, -0.2) is 43.5 Å². The van der Waals surface area contributed by atoms with Gasteiger partial charge in [0.2, 0.25) is 0 Å². The highest BCUT2D eigenvalue weighted by Crippen LogP contribution is 2.10. The van der Waals surface area contributed by atoms with Crippen LogP contribution in [0.2, 0.25) is 0 Å². The van der Waals surface area contributed by atoms with Gasteiger partial charge in [0, 0.05) is 32.7 Å². The summed E-state index contributed by atoms with van der Waals surface area (Å²) in [5, 5.41) is 0. The quantitative estimate of drug-likeness (QED) is 0.620. The predicted octanol–water partition coefficient (Wildman–Crippen LogP) is 1.88. The summed E-state index contributed by atoms with van der Waals surface area (Å²) in [6, 6.07) is 0. The summed E-state index contributed by atoms with van der Waals surface area (Å²) in [6.07, 6.45) is 6.16. The first-order chi connectivity index (χ1) is 7.67. The molecule has 0 N–H and O–H groups in total. The van der Waals surface area contributed by atoms with E-state index < -0.39 is 0 Å². The van der Waals surface area contributed by atoms with Crippen LogP contribution >= 0.6 is 0 Å². The minimum Gasteiger partial charge on any atom is -0.379 e. The Kier molecular flexibility index (Phi) is 5.71. The Balaban J connectivity index is 2.15. The van der Waals surface area contributed by atoms with Gasteiger partial charge in [-0.25, -0.2) is 0 Å². The third-order valence-corrected chi connectivity index (χ3v) is 3.11. The van der Waals surface area contributed by atoms with Gasteiger partial charge < -0.3 is 4.74 Å². The normalized spacial score (nSPS) is 19.9. The van der Waals surface area contributed by atoms with Gasteiger partial charge in [-0.15, -0.1) is 0 Å². The maximum Gasteiger partial charge on any atom is 0.158 e. The van der Waals surface area contributed by atoms with Gasteiger partial charge in [-0.1, -0.05) is 26.3 Å². The van der Waals surface area contributed by atoms with E-state index in [-0.39, 0.29) is 11.7 Å². The second-order valence-corrected chi connectivity index (χ2v) is 4.57. The van der Waals surface area contributed by atoms with Crippen LogP contribution < -0.4 is 0 Å². The molecule has 1 heterocycles. The molecule has 1 atom stereocenters. The van der Waals surface area contributed by atoms with E-state index in [1.165, 1.54) is 0 Å². The molecule has 16 heavy (non-hydrogen) atoms. The lowest BCUT2D eigenvalue weighted by Crippen LogP contribution is -2.51. The molecule has 0 aromatic rings. The summed E-state index contributed by atoms with van der Waals surface area (Å²) in [7, 11) is 1.74. The van der Waals surface area contributed by atoms with Crippen LogP contribution in [0.3, 0.4) is 0 Å².